The van der Waals surface area contributed by atoms with Crippen LogP contribution in [0.5, 0.6) is 0 Å². The number of nitrogens with one attached hydrogen (secondary N) is 1. The van der Waals surface area contributed by atoms with Gasteiger partial charge in [-0.25, -0.2) is 4.68 Å². The Morgan fingerprint density at radius 2 is 1.78 bits per heavy atom. The van der Waals surface area contributed by atoms with Crippen LogP contribution in [0, 0.1) is 6.92 Å². The summed E-state index contributed by atoms with van der Waals surface area (Å²) < 4.78 is 7.00. The van der Waals surface area contributed by atoms with E-state index in [1.54, 1.807) is 42.1 Å². The van der Waals surface area contributed by atoms with Crippen molar-refractivity contribution in [2.45, 2.75) is 32.6 Å². The molecule has 2 aromatic carbocycles. The van der Waals surface area contributed by atoms with Crippen LogP contribution in [0.4, 0.5) is 5.69 Å². The smallest absolute Gasteiger partial charge is 0.259 e. The molecule has 5 rings (SSSR count). The van der Waals surface area contributed by atoms with E-state index in [4.69, 9.17) is 4.52 Å². The van der Waals surface area contributed by atoms with Gasteiger partial charge < -0.3 is 9.84 Å². The van der Waals surface area contributed by atoms with E-state index in [0.29, 0.717) is 40.1 Å². The fourth-order valence-electron chi connectivity index (χ4n) is 3.41. The summed E-state index contributed by atoms with van der Waals surface area (Å²) in [5.74, 6) is 1.41. The normalized spacial score (nSPS) is 13.2. The van der Waals surface area contributed by atoms with Gasteiger partial charge in [-0.2, -0.15) is 10.1 Å². The molecule has 0 bridgehead atoms. The first-order valence-corrected chi connectivity index (χ1v) is 10.4. The molecule has 4 aromatic rings. The average Bonchev–Trinajstić information content (AvgIpc) is 3.39. The van der Waals surface area contributed by atoms with Crippen LogP contribution in [0.25, 0.3) is 17.1 Å². The van der Waals surface area contributed by atoms with Gasteiger partial charge in [0.1, 0.15) is 0 Å². The Hall–Kier alpha value is -4.07. The minimum atomic E-state index is -0.264. The quantitative estimate of drug-likeness (QED) is 0.453. The molecule has 32 heavy (non-hydrogen) atoms. The van der Waals surface area contributed by atoms with Gasteiger partial charge in [0.05, 0.1) is 16.9 Å². The molecule has 0 unspecified atom stereocenters. The van der Waals surface area contributed by atoms with Gasteiger partial charge >= 0.3 is 0 Å². The van der Waals surface area contributed by atoms with E-state index in [2.05, 4.69) is 20.6 Å². The third-order valence-corrected chi connectivity index (χ3v) is 5.45. The predicted octanol–water partition coefficient (Wildman–Crippen LogP) is 4.56. The Balaban J connectivity index is 1.32. The first-order valence-electron chi connectivity index (χ1n) is 10.4. The van der Waals surface area contributed by atoms with E-state index < -0.39 is 0 Å². The lowest BCUT2D eigenvalue weighted by atomic mass is 10.1. The van der Waals surface area contributed by atoms with Crippen molar-refractivity contribution in [3.8, 4) is 17.1 Å². The van der Waals surface area contributed by atoms with Crippen LogP contribution in [-0.4, -0.2) is 31.6 Å². The van der Waals surface area contributed by atoms with Gasteiger partial charge in [0.25, 0.3) is 5.91 Å². The molecule has 1 N–H and O–H groups in total. The maximum atomic E-state index is 12.7. The zero-order valence-corrected chi connectivity index (χ0v) is 17.7. The fraction of sp³-hybridized carbons (Fsp3) is 0.208. The number of hydrogen-bond acceptors (Lipinski definition) is 6. The average molecular weight is 427 g/mol. The van der Waals surface area contributed by atoms with Crippen molar-refractivity contribution in [2.24, 2.45) is 0 Å². The minimum Gasteiger partial charge on any atom is -0.339 e. The summed E-state index contributed by atoms with van der Waals surface area (Å²) in [6.45, 7) is 3.29. The van der Waals surface area contributed by atoms with Gasteiger partial charge in [-0.15, -0.1) is 0 Å². The van der Waals surface area contributed by atoms with Crippen molar-refractivity contribution < 1.29 is 14.1 Å². The maximum Gasteiger partial charge on any atom is 0.259 e. The maximum absolute atomic E-state index is 12.7. The van der Waals surface area contributed by atoms with Crippen molar-refractivity contribution in [1.29, 1.82) is 0 Å². The molecule has 2 aromatic heterocycles. The predicted molar refractivity (Wildman–Crippen MR) is 118 cm³/mol. The lowest BCUT2D eigenvalue weighted by molar-refractivity contribution is 0.101. The third-order valence-electron chi connectivity index (χ3n) is 5.45. The number of amides is 1. The number of carbonyl (C=O) groups is 2. The highest BCUT2D eigenvalue weighted by Gasteiger charge is 2.29. The summed E-state index contributed by atoms with van der Waals surface area (Å²) in [6.07, 6.45) is 3.92. The molecular weight excluding hydrogens is 406 g/mol. The summed E-state index contributed by atoms with van der Waals surface area (Å²) in [7, 11) is 0. The molecule has 1 saturated carbocycles. The highest BCUT2D eigenvalue weighted by Crippen LogP contribution is 2.39. The molecule has 0 spiro atoms. The van der Waals surface area contributed by atoms with Crippen LogP contribution in [0.1, 0.15) is 58.0 Å². The number of aryl methyl sites for hydroxylation is 1. The second-order valence-electron chi connectivity index (χ2n) is 7.94. The van der Waals surface area contributed by atoms with Crippen LogP contribution in [0.2, 0.25) is 0 Å². The highest BCUT2D eigenvalue weighted by molar-refractivity contribution is 6.05. The molecule has 0 radical (unpaired) electrons. The molecule has 1 amide bonds. The summed E-state index contributed by atoms with van der Waals surface area (Å²) in [5.41, 5.74) is 3.96. The number of nitrogens with zero attached hydrogens (tertiary/aromatic N) is 4. The molecule has 8 nitrogen and oxygen atoms in total. The second kappa shape index (κ2) is 7.88. The van der Waals surface area contributed by atoms with Gasteiger partial charge in [-0.1, -0.05) is 5.16 Å². The lowest BCUT2D eigenvalue weighted by Gasteiger charge is -2.05. The zero-order valence-electron chi connectivity index (χ0n) is 17.7. The number of rotatable bonds is 6. The minimum absolute atomic E-state index is 0.0197. The monoisotopic (exact) mass is 427 g/mol. The summed E-state index contributed by atoms with van der Waals surface area (Å²) in [6, 6.07) is 14.4. The molecule has 8 heteroatoms. The van der Waals surface area contributed by atoms with Gasteiger partial charge in [-0.05, 0) is 75.2 Å². The first-order chi connectivity index (χ1) is 15.5. The van der Waals surface area contributed by atoms with Crippen LogP contribution in [0.3, 0.4) is 0 Å². The lowest BCUT2D eigenvalue weighted by Crippen LogP contribution is -2.12. The van der Waals surface area contributed by atoms with Crippen LogP contribution in [-0.2, 0) is 0 Å². The van der Waals surface area contributed by atoms with Crippen LogP contribution in [0.15, 0.2) is 59.3 Å². The largest absolute Gasteiger partial charge is 0.339 e. The molecule has 2 heterocycles. The molecule has 1 aliphatic rings. The first kappa shape index (κ1) is 19.9. The highest BCUT2D eigenvalue weighted by atomic mass is 16.5. The van der Waals surface area contributed by atoms with E-state index in [0.717, 1.165) is 24.1 Å². The van der Waals surface area contributed by atoms with Crippen molar-refractivity contribution in [3.63, 3.8) is 0 Å². The molecule has 0 saturated heterocycles. The van der Waals surface area contributed by atoms with Crippen LogP contribution < -0.4 is 5.32 Å². The molecule has 0 aliphatic heterocycles. The second-order valence-corrected chi connectivity index (χ2v) is 7.94. The number of carbonyl (C=O) groups excluding carboxylic acids is 2. The van der Waals surface area contributed by atoms with E-state index in [-0.39, 0.29) is 11.7 Å². The van der Waals surface area contributed by atoms with Crippen molar-refractivity contribution in [2.75, 3.05) is 5.32 Å². The standard InChI is InChI=1S/C24H21N5O3/c1-14-21(23(31)25-19-9-5-16(6-10-19)15(2)30)13-29(27-14)20-11-7-17(8-12-20)22-26-24(32-28-22)18-3-4-18/h5-13,18H,3-4H2,1-2H3,(H,25,31). The topological polar surface area (TPSA) is 103 Å². The Morgan fingerprint density at radius 1 is 1.06 bits per heavy atom. The van der Waals surface area contributed by atoms with E-state index in [1.807, 2.05) is 24.3 Å². The van der Waals surface area contributed by atoms with Crippen molar-refractivity contribution in [1.82, 2.24) is 19.9 Å². The molecule has 0 atom stereocenters. The number of Topliss-reactive ketones (excluding diaryl/α,β-unsaturated/α-hetero) is 1. The Kier molecular flexibility index (Phi) is 4.89. The molecule has 160 valence electrons. The summed E-state index contributed by atoms with van der Waals surface area (Å²) >= 11 is 0. The van der Waals surface area contributed by atoms with Gasteiger partial charge in [0.2, 0.25) is 11.7 Å². The summed E-state index contributed by atoms with van der Waals surface area (Å²) in [5, 5.41) is 11.4. The number of aromatic nitrogens is 4. The van der Waals surface area contributed by atoms with Crippen molar-refractivity contribution >= 4 is 17.4 Å². The number of hydrogen-bond donors (Lipinski definition) is 1. The SMILES string of the molecule is CC(=O)c1ccc(NC(=O)c2cn(-c3ccc(-c4noc(C5CC5)n4)cc3)nc2C)cc1. The zero-order chi connectivity index (χ0) is 22.2. The van der Waals surface area contributed by atoms with E-state index >= 15 is 0 Å². The Morgan fingerprint density at radius 3 is 2.44 bits per heavy atom. The number of benzene rings is 2. The Bertz CT molecular complexity index is 1300. The molecule has 1 fully saturated rings. The third kappa shape index (κ3) is 3.94. The Labute approximate surface area is 184 Å². The van der Waals surface area contributed by atoms with Gasteiger partial charge in [0.15, 0.2) is 5.78 Å². The van der Waals surface area contributed by atoms with Crippen molar-refractivity contribution in [3.05, 3.63) is 77.4 Å². The van der Waals surface area contributed by atoms with Gasteiger partial charge in [-0.3, -0.25) is 9.59 Å². The van der Waals surface area contributed by atoms with E-state index in [9.17, 15) is 9.59 Å². The fourth-order valence-corrected chi connectivity index (χ4v) is 3.41. The molecule has 1 aliphatic carbocycles. The number of anilines is 1. The number of ketones is 1. The van der Waals surface area contributed by atoms with E-state index in [1.165, 1.54) is 6.92 Å². The van der Waals surface area contributed by atoms with Crippen LogP contribution >= 0.6 is 0 Å². The van der Waals surface area contributed by atoms with Gasteiger partial charge in [0, 0.05) is 28.9 Å². The summed E-state index contributed by atoms with van der Waals surface area (Å²) in [4.78, 5) is 28.6. The molecular formula is C24H21N5O3.